The average molecular weight is 399 g/mol. The van der Waals surface area contributed by atoms with Crippen LogP contribution in [0.5, 0.6) is 5.75 Å². The predicted molar refractivity (Wildman–Crippen MR) is 119 cm³/mol. The second-order valence-corrected chi connectivity index (χ2v) is 7.51. The van der Waals surface area contributed by atoms with Crippen molar-refractivity contribution in [2.75, 3.05) is 16.8 Å². The van der Waals surface area contributed by atoms with Crippen LogP contribution in [0.4, 0.5) is 11.4 Å². The molecule has 2 N–H and O–H groups in total. The highest BCUT2D eigenvalue weighted by atomic mass is 16.3. The van der Waals surface area contributed by atoms with Crippen LogP contribution in [-0.4, -0.2) is 17.6 Å². The molecule has 0 fully saturated rings. The van der Waals surface area contributed by atoms with Crippen molar-refractivity contribution in [1.82, 2.24) is 0 Å². The van der Waals surface area contributed by atoms with Gasteiger partial charge in [0.1, 0.15) is 5.75 Å². The smallest absolute Gasteiger partial charge is 0.243 e. The van der Waals surface area contributed by atoms with Crippen molar-refractivity contribution < 1.29 is 9.90 Å². The molecule has 0 saturated heterocycles. The molecule has 0 aromatic heterocycles. The Morgan fingerprint density at radius 3 is 2.47 bits per heavy atom. The Labute approximate surface area is 177 Å². The Morgan fingerprint density at radius 1 is 1.07 bits per heavy atom. The summed E-state index contributed by atoms with van der Waals surface area (Å²) in [7, 11) is 0. The molecule has 0 bridgehead atoms. The van der Waals surface area contributed by atoms with Crippen LogP contribution < -0.4 is 10.2 Å². The number of nitrogens with one attached hydrogen (secondary N) is 1. The molecule has 5 nitrogen and oxygen atoms in total. The highest BCUT2D eigenvalue weighted by molar-refractivity contribution is 5.94. The van der Waals surface area contributed by atoms with Crippen LogP contribution >= 0.6 is 0 Å². The number of aromatic hydroxyl groups is 1. The number of hydrogen-bond acceptors (Lipinski definition) is 4. The first-order valence-electron chi connectivity index (χ1n) is 9.87. The summed E-state index contributed by atoms with van der Waals surface area (Å²) < 4.78 is 0. The lowest BCUT2D eigenvalue weighted by molar-refractivity contribution is -0.115. The molecule has 1 amide bonds. The molecule has 0 atom stereocenters. The van der Waals surface area contributed by atoms with Gasteiger partial charge in [-0.3, -0.25) is 4.79 Å². The van der Waals surface area contributed by atoms with Gasteiger partial charge in [-0.05, 0) is 59.5 Å². The van der Waals surface area contributed by atoms with E-state index in [1.165, 1.54) is 5.56 Å². The maximum Gasteiger partial charge on any atom is 0.243 e. The molecule has 3 aromatic carbocycles. The molecular weight excluding hydrogens is 374 g/mol. The lowest BCUT2D eigenvalue weighted by Gasteiger charge is -2.25. The van der Waals surface area contributed by atoms with Gasteiger partial charge in [0.25, 0.3) is 0 Å². The third-order valence-corrected chi connectivity index (χ3v) is 4.82. The van der Waals surface area contributed by atoms with E-state index in [4.69, 9.17) is 0 Å². The third-order valence-electron chi connectivity index (χ3n) is 4.82. The summed E-state index contributed by atoms with van der Waals surface area (Å²) in [6.45, 7) is 4.78. The maximum absolute atomic E-state index is 12.8. The largest absolute Gasteiger partial charge is 0.508 e. The van der Waals surface area contributed by atoms with Gasteiger partial charge in [-0.25, -0.2) is 0 Å². The Balaban J connectivity index is 1.78. The van der Waals surface area contributed by atoms with Gasteiger partial charge in [0.2, 0.25) is 5.91 Å². The fourth-order valence-corrected chi connectivity index (χ4v) is 3.21. The molecule has 0 spiro atoms. The fourth-order valence-electron chi connectivity index (χ4n) is 3.21. The summed E-state index contributed by atoms with van der Waals surface area (Å²) >= 11 is 0. The Bertz CT molecular complexity index is 1050. The summed E-state index contributed by atoms with van der Waals surface area (Å²) in [6.07, 6.45) is 0. The molecular formula is C25H25N3O2. The van der Waals surface area contributed by atoms with E-state index in [-0.39, 0.29) is 18.2 Å². The average Bonchev–Trinajstić information content (AvgIpc) is 2.73. The maximum atomic E-state index is 12.8. The van der Waals surface area contributed by atoms with E-state index < -0.39 is 0 Å². The molecule has 152 valence electrons. The Morgan fingerprint density at radius 2 is 1.80 bits per heavy atom. The van der Waals surface area contributed by atoms with E-state index in [0.717, 1.165) is 16.9 Å². The summed E-state index contributed by atoms with van der Waals surface area (Å²) in [6, 6.07) is 24.1. The molecule has 0 aliphatic heterocycles. The van der Waals surface area contributed by atoms with Gasteiger partial charge in [0.05, 0.1) is 18.2 Å². The van der Waals surface area contributed by atoms with Gasteiger partial charge in [-0.1, -0.05) is 44.2 Å². The van der Waals surface area contributed by atoms with Crippen molar-refractivity contribution in [1.29, 1.82) is 5.26 Å². The molecule has 0 radical (unpaired) electrons. The first-order valence-corrected chi connectivity index (χ1v) is 9.87. The zero-order chi connectivity index (χ0) is 21.5. The standard InChI is InChI=1S/C25H25N3O2/c1-18(2)21-9-11-22(12-10-21)27-25(30)17-28(16-20-6-4-8-24(29)14-20)23-7-3-5-19(13-23)15-26/h3-14,18,29H,16-17H2,1-2H3,(H,27,30). The number of nitrogens with zero attached hydrogens (tertiary/aromatic N) is 2. The fraction of sp³-hybridized carbons (Fsp3) is 0.200. The van der Waals surface area contributed by atoms with Crippen LogP contribution in [0.15, 0.2) is 72.8 Å². The second-order valence-electron chi connectivity index (χ2n) is 7.51. The third kappa shape index (κ3) is 5.62. The molecule has 5 heteroatoms. The minimum Gasteiger partial charge on any atom is -0.508 e. The lowest BCUT2D eigenvalue weighted by Crippen LogP contribution is -2.33. The van der Waals surface area contributed by atoms with Crippen molar-refractivity contribution in [3.63, 3.8) is 0 Å². The minimum atomic E-state index is -0.158. The highest BCUT2D eigenvalue weighted by Gasteiger charge is 2.14. The van der Waals surface area contributed by atoms with Gasteiger partial charge >= 0.3 is 0 Å². The number of hydrogen-bond donors (Lipinski definition) is 2. The highest BCUT2D eigenvalue weighted by Crippen LogP contribution is 2.21. The van der Waals surface area contributed by atoms with E-state index in [0.29, 0.717) is 18.0 Å². The SMILES string of the molecule is CC(C)c1ccc(NC(=O)CN(Cc2cccc(O)c2)c2cccc(C#N)c2)cc1. The van der Waals surface area contributed by atoms with Crippen LogP contribution in [0.1, 0.15) is 36.5 Å². The molecule has 0 heterocycles. The molecule has 30 heavy (non-hydrogen) atoms. The zero-order valence-electron chi connectivity index (χ0n) is 17.2. The van der Waals surface area contributed by atoms with Crippen LogP contribution in [0, 0.1) is 11.3 Å². The van der Waals surface area contributed by atoms with Gasteiger partial charge in [0, 0.05) is 17.9 Å². The van der Waals surface area contributed by atoms with E-state index >= 15 is 0 Å². The summed E-state index contributed by atoms with van der Waals surface area (Å²) in [5.41, 5.74) is 4.12. The number of phenolic OH excluding ortho intramolecular Hbond substituents is 1. The van der Waals surface area contributed by atoms with Crippen LogP contribution in [0.3, 0.4) is 0 Å². The number of nitriles is 1. The summed E-state index contributed by atoms with van der Waals surface area (Å²) in [4.78, 5) is 14.6. The van der Waals surface area contributed by atoms with Crippen molar-refractivity contribution in [2.24, 2.45) is 0 Å². The monoisotopic (exact) mass is 399 g/mol. The number of carbonyl (C=O) groups is 1. The van der Waals surface area contributed by atoms with Crippen LogP contribution in [0.25, 0.3) is 0 Å². The number of benzene rings is 3. The second kappa shape index (κ2) is 9.62. The number of anilines is 2. The summed E-state index contributed by atoms with van der Waals surface area (Å²) in [5, 5.41) is 21.9. The Kier molecular flexibility index (Phi) is 6.71. The van der Waals surface area contributed by atoms with Crippen LogP contribution in [0.2, 0.25) is 0 Å². The molecule has 0 unspecified atom stereocenters. The molecule has 0 aliphatic rings. The van der Waals surface area contributed by atoms with Gasteiger partial charge in [0.15, 0.2) is 0 Å². The molecule has 3 aromatic rings. The quantitative estimate of drug-likeness (QED) is 0.584. The molecule has 0 aliphatic carbocycles. The molecule has 0 saturated carbocycles. The number of phenols is 1. The van der Waals surface area contributed by atoms with Crippen molar-refractivity contribution in [2.45, 2.75) is 26.3 Å². The number of amides is 1. The summed E-state index contributed by atoms with van der Waals surface area (Å²) in [5.74, 6) is 0.447. The van der Waals surface area contributed by atoms with E-state index in [9.17, 15) is 15.2 Å². The number of rotatable bonds is 7. The van der Waals surface area contributed by atoms with Crippen LogP contribution in [-0.2, 0) is 11.3 Å². The van der Waals surface area contributed by atoms with E-state index in [1.807, 2.05) is 41.3 Å². The van der Waals surface area contributed by atoms with Crippen molar-refractivity contribution in [3.05, 3.63) is 89.5 Å². The van der Waals surface area contributed by atoms with E-state index in [2.05, 4.69) is 25.2 Å². The molecule has 3 rings (SSSR count). The first-order chi connectivity index (χ1) is 14.4. The van der Waals surface area contributed by atoms with Gasteiger partial charge in [-0.15, -0.1) is 0 Å². The number of carbonyl (C=O) groups excluding carboxylic acids is 1. The van der Waals surface area contributed by atoms with Crippen molar-refractivity contribution >= 4 is 17.3 Å². The van der Waals surface area contributed by atoms with E-state index in [1.54, 1.807) is 36.4 Å². The van der Waals surface area contributed by atoms with Gasteiger partial charge < -0.3 is 15.3 Å². The Hall–Kier alpha value is -3.78. The lowest BCUT2D eigenvalue weighted by atomic mass is 10.0. The predicted octanol–water partition coefficient (Wildman–Crippen LogP) is 5.03. The van der Waals surface area contributed by atoms with Crippen molar-refractivity contribution in [3.8, 4) is 11.8 Å². The minimum absolute atomic E-state index is 0.108. The zero-order valence-corrected chi connectivity index (χ0v) is 17.2. The normalized spacial score (nSPS) is 10.5. The topological polar surface area (TPSA) is 76.4 Å². The first kappa shape index (κ1) is 20.9. The van der Waals surface area contributed by atoms with Gasteiger partial charge in [-0.2, -0.15) is 5.26 Å².